The second kappa shape index (κ2) is 9.07. The van der Waals surface area contributed by atoms with Crippen LogP contribution >= 0.6 is 11.3 Å². The zero-order chi connectivity index (χ0) is 23.1. The third kappa shape index (κ3) is 4.44. The fourth-order valence-electron chi connectivity index (χ4n) is 5.10. The first kappa shape index (κ1) is 21.7. The maximum atomic E-state index is 4.85. The van der Waals surface area contributed by atoms with Crippen LogP contribution in [-0.2, 0) is 13.0 Å². The van der Waals surface area contributed by atoms with Gasteiger partial charge in [-0.25, -0.2) is 4.98 Å². The molecule has 0 amide bonds. The number of fused-ring (bicyclic) bond motifs is 1. The number of tetrazole rings is 1. The summed E-state index contributed by atoms with van der Waals surface area (Å²) >= 11 is 1.82. The van der Waals surface area contributed by atoms with E-state index < -0.39 is 0 Å². The van der Waals surface area contributed by atoms with Crippen molar-refractivity contribution >= 4 is 27.2 Å². The molecule has 2 aromatic heterocycles. The molecule has 0 bridgehead atoms. The van der Waals surface area contributed by atoms with E-state index in [1.54, 1.807) is 0 Å². The van der Waals surface area contributed by atoms with Gasteiger partial charge in [-0.1, -0.05) is 32.0 Å². The molecule has 0 atom stereocenters. The molecule has 8 heteroatoms. The summed E-state index contributed by atoms with van der Waals surface area (Å²) in [4.78, 5) is 9.91. The molecule has 2 aromatic carbocycles. The molecule has 0 radical (unpaired) electrons. The first-order valence-corrected chi connectivity index (χ1v) is 13.2. The van der Waals surface area contributed by atoms with Crippen LogP contribution in [0.2, 0.25) is 0 Å². The van der Waals surface area contributed by atoms with Crippen molar-refractivity contribution in [1.82, 2.24) is 30.5 Å². The van der Waals surface area contributed by atoms with Crippen LogP contribution in [0.1, 0.15) is 48.7 Å². The van der Waals surface area contributed by atoms with Crippen LogP contribution in [-0.4, -0.2) is 56.7 Å². The molecule has 1 N–H and O–H groups in total. The number of H-pyrrole nitrogens is 1. The van der Waals surface area contributed by atoms with Crippen LogP contribution in [0, 0.1) is 5.92 Å². The number of hydrogen-bond donors (Lipinski definition) is 1. The fourth-order valence-corrected chi connectivity index (χ4v) is 6.11. The van der Waals surface area contributed by atoms with E-state index in [9.17, 15) is 0 Å². The second-order valence-corrected chi connectivity index (χ2v) is 11.1. The molecule has 3 heterocycles. The highest BCUT2D eigenvalue weighted by molar-refractivity contribution is 7.18. The van der Waals surface area contributed by atoms with Crippen molar-refractivity contribution in [1.29, 1.82) is 0 Å². The maximum Gasteiger partial charge on any atom is 0.207 e. The quantitative estimate of drug-likeness (QED) is 0.413. The Morgan fingerprint density at radius 1 is 1.09 bits per heavy atom. The Balaban J connectivity index is 1.26. The average Bonchev–Trinajstić information content (AvgIpc) is 3.37. The van der Waals surface area contributed by atoms with Crippen molar-refractivity contribution in [2.24, 2.45) is 5.92 Å². The summed E-state index contributed by atoms with van der Waals surface area (Å²) in [6.07, 6.45) is 3.60. The molecule has 176 valence electrons. The van der Waals surface area contributed by atoms with Crippen molar-refractivity contribution in [3.8, 4) is 11.4 Å². The lowest BCUT2D eigenvalue weighted by Gasteiger charge is -2.37. The van der Waals surface area contributed by atoms with Gasteiger partial charge in [0.1, 0.15) is 5.01 Å². The molecular weight excluding hydrogens is 442 g/mol. The summed E-state index contributed by atoms with van der Waals surface area (Å²) in [5.74, 6) is 1.98. The third-order valence-electron chi connectivity index (χ3n) is 6.85. The van der Waals surface area contributed by atoms with Gasteiger partial charge in [-0.05, 0) is 65.6 Å². The van der Waals surface area contributed by atoms with Crippen LogP contribution in [0.4, 0.5) is 5.69 Å². The molecule has 2 aliphatic rings. The molecule has 1 aliphatic heterocycles. The summed E-state index contributed by atoms with van der Waals surface area (Å²) in [7, 11) is 0. The minimum atomic E-state index is 0.625. The van der Waals surface area contributed by atoms with Gasteiger partial charge in [0, 0.05) is 37.4 Å². The van der Waals surface area contributed by atoms with E-state index >= 15 is 0 Å². The van der Waals surface area contributed by atoms with Crippen molar-refractivity contribution in [2.45, 2.75) is 45.6 Å². The Morgan fingerprint density at radius 2 is 1.91 bits per heavy atom. The number of aromatic amines is 1. The Bertz CT molecular complexity index is 1230. The zero-order valence-corrected chi connectivity index (χ0v) is 20.7. The number of para-hydroxylation sites is 1. The largest absolute Gasteiger partial charge is 0.368 e. The van der Waals surface area contributed by atoms with Crippen molar-refractivity contribution in [3.63, 3.8) is 0 Å². The molecule has 34 heavy (non-hydrogen) atoms. The highest BCUT2D eigenvalue weighted by Gasteiger charge is 2.32. The number of rotatable bonds is 7. The lowest BCUT2D eigenvalue weighted by atomic mass is 9.93. The first-order valence-electron chi connectivity index (χ1n) is 12.4. The van der Waals surface area contributed by atoms with Gasteiger partial charge in [0.2, 0.25) is 5.82 Å². The highest BCUT2D eigenvalue weighted by Crippen LogP contribution is 2.47. The fraction of sp³-hybridized carbons (Fsp3) is 0.462. The highest BCUT2D eigenvalue weighted by atomic mass is 32.1. The van der Waals surface area contributed by atoms with Crippen LogP contribution < -0.4 is 4.90 Å². The summed E-state index contributed by atoms with van der Waals surface area (Å²) in [5, 5.41) is 16.6. The molecule has 1 aliphatic carbocycles. The standard InChI is InChI=1S/C26H31N7S/c1-17(2)13-18-14-20(19-7-8-19)25(26-28-30-31-29-26)22(15-18)33-11-9-32(10-12-33)16-24-27-21-5-3-4-6-23(21)34-24/h3-6,14-15,17,19H,7-13,16H2,1-2H3,(H,28,29,30,31). The van der Waals surface area contributed by atoms with Crippen LogP contribution in [0.25, 0.3) is 21.6 Å². The van der Waals surface area contributed by atoms with Gasteiger partial charge >= 0.3 is 0 Å². The normalized spacial score (nSPS) is 17.2. The number of aromatic nitrogens is 5. The van der Waals surface area contributed by atoms with Gasteiger partial charge in [-0.2, -0.15) is 5.21 Å². The van der Waals surface area contributed by atoms with Gasteiger partial charge in [0.15, 0.2) is 0 Å². The third-order valence-corrected chi connectivity index (χ3v) is 7.87. The van der Waals surface area contributed by atoms with Gasteiger partial charge < -0.3 is 4.90 Å². The molecule has 0 unspecified atom stereocenters. The lowest BCUT2D eigenvalue weighted by molar-refractivity contribution is 0.249. The molecule has 1 saturated carbocycles. The van der Waals surface area contributed by atoms with Gasteiger partial charge in [-0.3, -0.25) is 4.90 Å². The zero-order valence-electron chi connectivity index (χ0n) is 19.9. The summed E-state index contributed by atoms with van der Waals surface area (Å²) in [6, 6.07) is 13.2. The second-order valence-electron chi connectivity index (χ2n) is 10.0. The minimum absolute atomic E-state index is 0.625. The summed E-state index contributed by atoms with van der Waals surface area (Å²) in [5.41, 5.74) is 6.41. The van der Waals surface area contributed by atoms with E-state index in [0.29, 0.717) is 11.8 Å². The Morgan fingerprint density at radius 3 is 2.62 bits per heavy atom. The molecule has 6 rings (SSSR count). The monoisotopic (exact) mass is 473 g/mol. The van der Waals surface area contributed by atoms with Crippen molar-refractivity contribution in [2.75, 3.05) is 31.1 Å². The number of anilines is 1. The van der Waals surface area contributed by atoms with Crippen molar-refractivity contribution in [3.05, 3.63) is 52.5 Å². The SMILES string of the molecule is CC(C)Cc1cc(C2CC2)c(-c2nn[nH]n2)c(N2CCN(Cc3nc4ccccc4s3)CC2)c1. The predicted octanol–water partition coefficient (Wildman–Crippen LogP) is 4.87. The molecule has 7 nitrogen and oxygen atoms in total. The van der Waals surface area contributed by atoms with E-state index in [4.69, 9.17) is 4.98 Å². The minimum Gasteiger partial charge on any atom is -0.368 e. The van der Waals surface area contributed by atoms with Gasteiger partial charge in [0.05, 0.1) is 16.8 Å². The van der Waals surface area contributed by atoms with E-state index in [-0.39, 0.29) is 0 Å². The summed E-state index contributed by atoms with van der Waals surface area (Å²) < 4.78 is 1.27. The van der Waals surface area contributed by atoms with Crippen LogP contribution in [0.5, 0.6) is 0 Å². The van der Waals surface area contributed by atoms with Crippen LogP contribution in [0.3, 0.4) is 0 Å². The smallest absolute Gasteiger partial charge is 0.207 e. The van der Waals surface area contributed by atoms with E-state index in [0.717, 1.165) is 50.5 Å². The van der Waals surface area contributed by atoms with Gasteiger partial charge in [0.25, 0.3) is 0 Å². The lowest BCUT2D eigenvalue weighted by Crippen LogP contribution is -2.46. The number of piperazine rings is 1. The topological polar surface area (TPSA) is 73.8 Å². The van der Waals surface area contributed by atoms with Crippen molar-refractivity contribution < 1.29 is 0 Å². The van der Waals surface area contributed by atoms with E-state index in [1.165, 1.54) is 44.9 Å². The average molecular weight is 474 g/mol. The number of benzene rings is 2. The number of hydrogen-bond acceptors (Lipinski definition) is 7. The van der Waals surface area contributed by atoms with E-state index in [1.807, 2.05) is 11.3 Å². The molecule has 4 aromatic rings. The van der Waals surface area contributed by atoms with Crippen LogP contribution in [0.15, 0.2) is 36.4 Å². The summed E-state index contributed by atoms with van der Waals surface area (Å²) in [6.45, 7) is 9.54. The Hall–Kier alpha value is -2.84. The number of nitrogens with zero attached hydrogens (tertiary/aromatic N) is 6. The molecular formula is C26H31N7S. The Labute approximate surface area is 204 Å². The number of thiazole rings is 1. The Kier molecular flexibility index (Phi) is 5.79. The molecule has 1 saturated heterocycles. The van der Waals surface area contributed by atoms with Gasteiger partial charge in [-0.15, -0.1) is 21.5 Å². The van der Waals surface area contributed by atoms with E-state index in [2.05, 4.69) is 80.7 Å². The number of nitrogens with one attached hydrogen (secondary N) is 1. The molecule has 0 spiro atoms. The predicted molar refractivity (Wildman–Crippen MR) is 137 cm³/mol. The maximum absolute atomic E-state index is 4.85. The first-order chi connectivity index (χ1) is 16.6. The molecule has 2 fully saturated rings.